The first-order valence-electron chi connectivity index (χ1n) is 7.44. The molecule has 0 spiro atoms. The number of sulfonamides is 1. The van der Waals surface area contributed by atoms with Gasteiger partial charge in [-0.05, 0) is 35.4 Å². The average Bonchev–Trinajstić information content (AvgIpc) is 3.09. The summed E-state index contributed by atoms with van der Waals surface area (Å²) >= 11 is 0. The monoisotopic (exact) mass is 363 g/mol. The van der Waals surface area contributed by atoms with Crippen molar-refractivity contribution < 1.29 is 17.2 Å². The van der Waals surface area contributed by atoms with Crippen LogP contribution in [0.3, 0.4) is 0 Å². The molecule has 0 aliphatic carbocycles. The molecule has 0 radical (unpaired) electrons. The summed E-state index contributed by atoms with van der Waals surface area (Å²) in [5.41, 5.74) is 1.59. The number of nitrogens with zero attached hydrogens (tertiary/aromatic N) is 2. The number of hydrogen-bond acceptors (Lipinski definition) is 3. The Bertz CT molecular complexity index is 973. The van der Waals surface area contributed by atoms with Gasteiger partial charge < -0.3 is 0 Å². The van der Waals surface area contributed by atoms with E-state index >= 15 is 0 Å². The first-order chi connectivity index (χ1) is 12.0. The van der Waals surface area contributed by atoms with Crippen LogP contribution >= 0.6 is 0 Å². The summed E-state index contributed by atoms with van der Waals surface area (Å²) in [5, 5.41) is 4.12. The normalized spacial score (nSPS) is 11.6. The van der Waals surface area contributed by atoms with Gasteiger partial charge in [-0.15, -0.1) is 0 Å². The van der Waals surface area contributed by atoms with Gasteiger partial charge >= 0.3 is 0 Å². The van der Waals surface area contributed by atoms with Crippen molar-refractivity contribution >= 4 is 10.0 Å². The third-order valence-electron chi connectivity index (χ3n) is 3.65. The summed E-state index contributed by atoms with van der Waals surface area (Å²) in [6, 6.07) is 11.3. The number of rotatable bonds is 6. The summed E-state index contributed by atoms with van der Waals surface area (Å²) in [7, 11) is -4.18. The molecule has 2 aromatic carbocycles. The van der Waals surface area contributed by atoms with E-state index in [0.717, 1.165) is 23.3 Å². The highest BCUT2D eigenvalue weighted by Gasteiger charge is 2.20. The van der Waals surface area contributed by atoms with Gasteiger partial charge in [0.25, 0.3) is 0 Å². The lowest BCUT2D eigenvalue weighted by atomic mass is 10.1. The smallest absolute Gasteiger partial charge is 0.243 e. The van der Waals surface area contributed by atoms with Crippen LogP contribution in [0, 0.1) is 11.6 Å². The fourth-order valence-electron chi connectivity index (χ4n) is 2.39. The van der Waals surface area contributed by atoms with E-state index in [1.165, 1.54) is 0 Å². The van der Waals surface area contributed by atoms with Crippen LogP contribution in [0.5, 0.6) is 0 Å². The van der Waals surface area contributed by atoms with E-state index in [2.05, 4.69) is 9.82 Å². The zero-order valence-electron chi connectivity index (χ0n) is 13.1. The van der Waals surface area contributed by atoms with Gasteiger partial charge in [0.05, 0.1) is 6.54 Å². The molecule has 0 saturated heterocycles. The van der Waals surface area contributed by atoms with E-state index < -0.39 is 26.6 Å². The highest BCUT2D eigenvalue weighted by atomic mass is 32.2. The van der Waals surface area contributed by atoms with Crippen LogP contribution < -0.4 is 4.72 Å². The predicted molar refractivity (Wildman–Crippen MR) is 88.2 cm³/mol. The molecule has 130 valence electrons. The Morgan fingerprint density at radius 3 is 2.52 bits per heavy atom. The van der Waals surface area contributed by atoms with Crippen molar-refractivity contribution in [2.75, 3.05) is 0 Å². The zero-order valence-corrected chi connectivity index (χ0v) is 13.9. The molecule has 0 saturated carbocycles. The summed E-state index contributed by atoms with van der Waals surface area (Å²) in [6.45, 7) is 0.426. The van der Waals surface area contributed by atoms with Gasteiger partial charge in [-0.3, -0.25) is 4.68 Å². The van der Waals surface area contributed by atoms with Crippen molar-refractivity contribution in [1.29, 1.82) is 0 Å². The van der Waals surface area contributed by atoms with E-state index in [-0.39, 0.29) is 6.54 Å². The van der Waals surface area contributed by atoms with Crippen LogP contribution in [0.4, 0.5) is 8.78 Å². The molecule has 0 fully saturated rings. The molecule has 25 heavy (non-hydrogen) atoms. The van der Waals surface area contributed by atoms with Crippen molar-refractivity contribution in [2.24, 2.45) is 0 Å². The Kier molecular flexibility index (Phi) is 4.91. The maximum Gasteiger partial charge on any atom is 0.243 e. The van der Waals surface area contributed by atoms with Gasteiger partial charge in [-0.1, -0.05) is 24.3 Å². The van der Waals surface area contributed by atoms with Gasteiger partial charge in [0, 0.05) is 18.9 Å². The first-order valence-corrected chi connectivity index (χ1v) is 8.93. The fraction of sp³-hybridized carbons (Fsp3) is 0.118. The zero-order chi connectivity index (χ0) is 17.9. The highest BCUT2D eigenvalue weighted by Crippen LogP contribution is 2.17. The molecule has 3 aromatic rings. The van der Waals surface area contributed by atoms with Crippen molar-refractivity contribution in [1.82, 2.24) is 14.5 Å². The van der Waals surface area contributed by atoms with E-state index in [0.29, 0.717) is 12.6 Å². The topological polar surface area (TPSA) is 64.0 Å². The summed E-state index contributed by atoms with van der Waals surface area (Å²) in [6.07, 6.45) is 3.45. The van der Waals surface area contributed by atoms with Crippen molar-refractivity contribution in [2.45, 2.75) is 18.0 Å². The number of nitrogens with one attached hydrogen (secondary N) is 1. The minimum atomic E-state index is -4.18. The van der Waals surface area contributed by atoms with Gasteiger partial charge in [0.15, 0.2) is 0 Å². The Labute approximate surface area is 144 Å². The van der Waals surface area contributed by atoms with Gasteiger partial charge in [-0.25, -0.2) is 21.9 Å². The Hall–Kier alpha value is -2.58. The SMILES string of the molecule is O=S(=O)(NCc1ccccc1Cn1cccn1)c1cc(F)ccc1F. The maximum atomic E-state index is 13.7. The van der Waals surface area contributed by atoms with Gasteiger partial charge in [0.1, 0.15) is 16.5 Å². The average molecular weight is 363 g/mol. The predicted octanol–water partition coefficient (Wildman–Crippen LogP) is 2.69. The van der Waals surface area contributed by atoms with Crippen molar-refractivity contribution in [3.8, 4) is 0 Å². The van der Waals surface area contributed by atoms with E-state index in [9.17, 15) is 17.2 Å². The van der Waals surface area contributed by atoms with Crippen LogP contribution in [0.15, 0.2) is 65.8 Å². The third-order valence-corrected chi connectivity index (χ3v) is 5.06. The molecule has 8 heteroatoms. The molecule has 3 rings (SSSR count). The largest absolute Gasteiger partial charge is 0.268 e. The van der Waals surface area contributed by atoms with Gasteiger partial charge in [0.2, 0.25) is 10.0 Å². The number of benzene rings is 2. The lowest BCUT2D eigenvalue weighted by Crippen LogP contribution is -2.25. The lowest BCUT2D eigenvalue weighted by Gasteiger charge is -2.12. The third kappa shape index (κ3) is 4.09. The molecule has 0 unspecified atom stereocenters. The standard InChI is InChI=1S/C17H15F2N3O2S/c18-15-6-7-16(19)17(10-15)25(23,24)21-11-13-4-1-2-5-14(13)12-22-9-3-8-20-22/h1-10,21H,11-12H2. The molecule has 1 aromatic heterocycles. The Morgan fingerprint density at radius 2 is 1.80 bits per heavy atom. The molecule has 0 bridgehead atoms. The second kappa shape index (κ2) is 7.12. The molecule has 0 aliphatic heterocycles. The summed E-state index contributed by atoms with van der Waals surface area (Å²) < 4.78 is 55.5. The number of hydrogen-bond donors (Lipinski definition) is 1. The van der Waals surface area contributed by atoms with Crippen LogP contribution in [0.25, 0.3) is 0 Å². The minimum absolute atomic E-state index is 0.0459. The van der Waals surface area contributed by atoms with Crippen LogP contribution in [0.2, 0.25) is 0 Å². The quantitative estimate of drug-likeness (QED) is 0.732. The lowest BCUT2D eigenvalue weighted by molar-refractivity contribution is 0.545. The molecule has 5 nitrogen and oxygen atoms in total. The van der Waals surface area contributed by atoms with E-state index in [1.54, 1.807) is 35.3 Å². The second-order valence-electron chi connectivity index (χ2n) is 5.37. The molecule has 1 heterocycles. The second-order valence-corrected chi connectivity index (χ2v) is 7.11. The molecule has 1 N–H and O–H groups in total. The van der Waals surface area contributed by atoms with Crippen LogP contribution in [-0.4, -0.2) is 18.2 Å². The Balaban J connectivity index is 1.80. The van der Waals surface area contributed by atoms with Crippen molar-refractivity contribution in [3.63, 3.8) is 0 Å². The van der Waals surface area contributed by atoms with Crippen molar-refractivity contribution in [3.05, 3.63) is 83.7 Å². The number of aromatic nitrogens is 2. The summed E-state index contributed by atoms with van der Waals surface area (Å²) in [4.78, 5) is -0.711. The highest BCUT2D eigenvalue weighted by molar-refractivity contribution is 7.89. The molecule has 0 atom stereocenters. The van der Waals surface area contributed by atoms with E-state index in [4.69, 9.17) is 0 Å². The van der Waals surface area contributed by atoms with Crippen LogP contribution in [-0.2, 0) is 23.1 Å². The molecular formula is C17H15F2N3O2S. The van der Waals surface area contributed by atoms with E-state index in [1.807, 2.05) is 12.1 Å². The Morgan fingerprint density at radius 1 is 1.04 bits per heavy atom. The summed E-state index contributed by atoms with van der Waals surface area (Å²) in [5.74, 6) is -1.82. The van der Waals surface area contributed by atoms with Crippen LogP contribution in [0.1, 0.15) is 11.1 Å². The minimum Gasteiger partial charge on any atom is -0.268 e. The fourth-order valence-corrected chi connectivity index (χ4v) is 3.48. The molecule has 0 amide bonds. The molecule has 0 aliphatic rings. The number of halogens is 2. The first kappa shape index (κ1) is 17.2. The molecular weight excluding hydrogens is 348 g/mol. The maximum absolute atomic E-state index is 13.7. The van der Waals surface area contributed by atoms with Gasteiger partial charge in [-0.2, -0.15) is 5.10 Å².